The Kier molecular flexibility index (Phi) is 14.6. The van der Waals surface area contributed by atoms with Crippen LogP contribution in [0, 0.1) is 0 Å². The molecule has 0 bridgehead atoms. The number of benzene rings is 4. The summed E-state index contributed by atoms with van der Waals surface area (Å²) in [5.41, 5.74) is 4.20. The Morgan fingerprint density at radius 2 is 1.14 bits per heavy atom. The lowest BCUT2D eigenvalue weighted by atomic mass is 9.84. The van der Waals surface area contributed by atoms with E-state index in [1.807, 2.05) is 74.5 Å². The molecule has 3 aliphatic heterocycles. The summed E-state index contributed by atoms with van der Waals surface area (Å²) in [6.45, 7) is 13.7. The van der Waals surface area contributed by atoms with Gasteiger partial charge in [-0.3, -0.25) is 29.4 Å². The number of halogens is 2. The number of rotatable bonds is 15. The van der Waals surface area contributed by atoms with E-state index < -0.39 is 36.0 Å². The van der Waals surface area contributed by atoms with Crippen molar-refractivity contribution in [3.05, 3.63) is 128 Å². The summed E-state index contributed by atoms with van der Waals surface area (Å²) in [6.07, 6.45) is 0. The minimum atomic E-state index is -1.11. The molecule has 1 N–H and O–H groups in total. The lowest BCUT2D eigenvalue weighted by Gasteiger charge is -2.39. The monoisotopic (exact) mass is 924 g/mol. The number of hydrogen-bond donors (Lipinski definition) is 1. The highest BCUT2D eigenvalue weighted by Crippen LogP contribution is 2.38. The number of aliphatic imine (C=N–C) groups is 2. The smallest absolute Gasteiger partial charge is 0.326 e. The van der Waals surface area contributed by atoms with Crippen LogP contribution in [0.5, 0.6) is 11.5 Å². The van der Waals surface area contributed by atoms with Gasteiger partial charge in [-0.15, -0.1) is 0 Å². The number of carbonyl (C=O) groups is 3. The van der Waals surface area contributed by atoms with Crippen molar-refractivity contribution in [2.24, 2.45) is 9.98 Å². The summed E-state index contributed by atoms with van der Waals surface area (Å²) in [7, 11) is 3.34. The maximum Gasteiger partial charge on any atom is 0.326 e. The first-order valence-corrected chi connectivity index (χ1v) is 22.7. The van der Waals surface area contributed by atoms with Crippen molar-refractivity contribution in [2.75, 3.05) is 66.8 Å². The lowest BCUT2D eigenvalue weighted by Crippen LogP contribution is -2.64. The van der Waals surface area contributed by atoms with Gasteiger partial charge in [0, 0.05) is 41.6 Å². The number of urea groups is 1. The molecule has 0 saturated carbocycles. The number of nitrogens with one attached hydrogen (secondary N) is 1. The average molecular weight is 926 g/mol. The van der Waals surface area contributed by atoms with Crippen molar-refractivity contribution in [1.82, 2.24) is 20.0 Å². The third-order valence-electron chi connectivity index (χ3n) is 12.1. The van der Waals surface area contributed by atoms with E-state index in [0.29, 0.717) is 70.8 Å². The first kappa shape index (κ1) is 47.5. The molecule has 0 radical (unpaired) electrons. The molecule has 3 aliphatic rings. The van der Waals surface area contributed by atoms with E-state index in [2.05, 4.69) is 33.0 Å². The van der Waals surface area contributed by atoms with E-state index in [4.69, 9.17) is 52.1 Å². The largest absolute Gasteiger partial charge is 0.493 e. The molecule has 65 heavy (non-hydrogen) atoms. The Bertz CT molecular complexity index is 2460. The van der Waals surface area contributed by atoms with Crippen LogP contribution in [0.4, 0.5) is 4.79 Å². The first-order chi connectivity index (χ1) is 31.1. The first-order valence-electron chi connectivity index (χ1n) is 21.9. The van der Waals surface area contributed by atoms with Crippen molar-refractivity contribution in [3.63, 3.8) is 0 Å². The SMILES string of the molecule is CCOc1cc(C(C)(C)COC)ccc1C1=NC(c2ccc(Cl)cc2)CN1C(=O)C1CNC(=O)CN1C(=O)N1CC(c2ccc(Cl)cc2)N=C1c1ccc(C(C)(C)COC)cc1OCC. The van der Waals surface area contributed by atoms with Crippen molar-refractivity contribution in [3.8, 4) is 11.5 Å². The van der Waals surface area contributed by atoms with E-state index >= 15 is 9.59 Å². The Morgan fingerprint density at radius 3 is 1.58 bits per heavy atom. The van der Waals surface area contributed by atoms with Gasteiger partial charge in [0.2, 0.25) is 5.91 Å². The van der Waals surface area contributed by atoms with Gasteiger partial charge in [-0.1, -0.05) is 87.3 Å². The van der Waals surface area contributed by atoms with E-state index in [-0.39, 0.29) is 37.0 Å². The molecule has 0 spiro atoms. The van der Waals surface area contributed by atoms with Crippen LogP contribution in [-0.2, 0) is 29.9 Å². The average Bonchev–Trinajstić information content (AvgIpc) is 3.93. The zero-order valence-electron chi connectivity index (χ0n) is 38.3. The fourth-order valence-electron chi connectivity index (χ4n) is 8.65. The number of piperazine rings is 1. The number of amidine groups is 2. The van der Waals surface area contributed by atoms with Crippen LogP contribution in [0.1, 0.15) is 87.0 Å². The summed E-state index contributed by atoms with van der Waals surface area (Å²) in [5.74, 6) is 1.04. The van der Waals surface area contributed by atoms with Gasteiger partial charge in [0.15, 0.2) is 0 Å². The molecule has 3 heterocycles. The second-order valence-electron chi connectivity index (χ2n) is 17.8. The summed E-state index contributed by atoms with van der Waals surface area (Å²) in [6, 6.07) is 23.9. The van der Waals surface area contributed by atoms with Gasteiger partial charge in [0.25, 0.3) is 5.91 Å². The van der Waals surface area contributed by atoms with E-state index in [1.165, 1.54) is 4.90 Å². The van der Waals surface area contributed by atoms with Crippen molar-refractivity contribution >= 4 is 52.7 Å². The fraction of sp³-hybridized carbons (Fsp3) is 0.420. The predicted octanol–water partition coefficient (Wildman–Crippen LogP) is 8.39. The minimum absolute atomic E-state index is 0.115. The fourth-order valence-corrected chi connectivity index (χ4v) is 8.90. The topological polar surface area (TPSA) is 135 Å². The van der Waals surface area contributed by atoms with E-state index in [0.717, 1.165) is 22.3 Å². The number of amides is 4. The number of carbonyl (C=O) groups excluding carboxylic acids is 3. The van der Waals surface area contributed by atoms with E-state index in [9.17, 15) is 4.79 Å². The molecule has 7 rings (SSSR count). The van der Waals surface area contributed by atoms with E-state index in [1.54, 1.807) is 48.3 Å². The van der Waals surface area contributed by atoms with Gasteiger partial charge in [-0.05, 0) is 84.6 Å². The van der Waals surface area contributed by atoms with Crippen LogP contribution in [0.15, 0.2) is 94.9 Å². The van der Waals surface area contributed by atoms with Gasteiger partial charge >= 0.3 is 6.03 Å². The second-order valence-corrected chi connectivity index (χ2v) is 18.6. The maximum absolute atomic E-state index is 15.4. The van der Waals surface area contributed by atoms with Crippen LogP contribution in [0.3, 0.4) is 0 Å². The summed E-state index contributed by atoms with van der Waals surface area (Å²) in [4.78, 5) is 58.9. The number of nitrogens with zero attached hydrogens (tertiary/aromatic N) is 5. The standard InChI is InChI=1S/C50H58Cl2N6O7/c1-9-64-42-23-33(49(3,4)29-62-7)15-21-37(42)45-54-39(31-11-17-35(51)18-12-31)26-57(45)47(60)41-25-53-44(59)28-56(41)48(61)58-27-40(32-13-19-36(52)20-14-32)55-46(58)38-22-16-34(24-43(38)65-10-2)50(5,6)30-63-8/h11-24,39-41H,9-10,25-30H2,1-8H3,(H,53,59). The van der Waals surface area contributed by atoms with Crippen LogP contribution in [0.25, 0.3) is 0 Å². The maximum atomic E-state index is 15.4. The number of methoxy groups -OCH3 is 2. The third kappa shape index (κ3) is 10.2. The molecule has 4 aromatic rings. The molecule has 3 unspecified atom stereocenters. The molecule has 13 nitrogen and oxygen atoms in total. The molecule has 4 amide bonds. The molecule has 15 heteroatoms. The molecule has 1 saturated heterocycles. The Morgan fingerprint density at radius 1 is 0.692 bits per heavy atom. The highest BCUT2D eigenvalue weighted by molar-refractivity contribution is 6.30. The molecular weight excluding hydrogens is 867 g/mol. The summed E-state index contributed by atoms with van der Waals surface area (Å²) >= 11 is 12.6. The third-order valence-corrected chi connectivity index (χ3v) is 12.6. The zero-order valence-corrected chi connectivity index (χ0v) is 39.8. The Hall–Kier alpha value is -5.47. The molecule has 344 valence electrons. The second kappa shape index (κ2) is 20.0. The van der Waals surface area contributed by atoms with Gasteiger partial charge in [-0.2, -0.15) is 0 Å². The molecule has 4 aromatic carbocycles. The normalized spacial score (nSPS) is 19.0. The van der Waals surface area contributed by atoms with Crippen LogP contribution >= 0.6 is 23.2 Å². The highest BCUT2D eigenvalue weighted by atomic mass is 35.5. The summed E-state index contributed by atoms with van der Waals surface area (Å²) < 4.78 is 23.6. The zero-order chi connectivity index (χ0) is 46.6. The molecule has 0 aromatic heterocycles. The van der Waals surface area contributed by atoms with Crippen LogP contribution in [0.2, 0.25) is 10.0 Å². The van der Waals surface area contributed by atoms with Gasteiger partial charge in [-0.25, -0.2) is 4.79 Å². The Balaban J connectivity index is 1.29. The van der Waals surface area contributed by atoms with Gasteiger partial charge in [0.05, 0.1) is 62.7 Å². The summed E-state index contributed by atoms with van der Waals surface area (Å²) in [5, 5.41) is 4.00. The molecular formula is C50H58Cl2N6O7. The van der Waals surface area contributed by atoms with Crippen molar-refractivity contribution in [2.45, 2.75) is 70.5 Å². The van der Waals surface area contributed by atoms with Crippen LogP contribution < -0.4 is 14.8 Å². The minimum Gasteiger partial charge on any atom is -0.493 e. The van der Waals surface area contributed by atoms with Gasteiger partial charge in [0.1, 0.15) is 35.8 Å². The van der Waals surface area contributed by atoms with Crippen molar-refractivity contribution < 1.29 is 33.3 Å². The highest BCUT2D eigenvalue weighted by Gasteiger charge is 2.46. The Labute approximate surface area is 391 Å². The number of ether oxygens (including phenoxy) is 4. The van der Waals surface area contributed by atoms with Gasteiger partial charge < -0.3 is 29.2 Å². The quantitative estimate of drug-likeness (QED) is 0.127. The lowest BCUT2D eigenvalue weighted by molar-refractivity contribution is -0.135. The van der Waals surface area contributed by atoms with Crippen LogP contribution in [-0.4, -0.2) is 117 Å². The molecule has 3 atom stereocenters. The molecule has 0 aliphatic carbocycles. The predicted molar refractivity (Wildman–Crippen MR) is 254 cm³/mol. The molecule has 1 fully saturated rings. The number of hydrogen-bond acceptors (Lipinski definition) is 9. The van der Waals surface area contributed by atoms with Crippen molar-refractivity contribution in [1.29, 1.82) is 0 Å².